The number of nitrogens with zero attached hydrogens (tertiary/aromatic N) is 2. The molecule has 2 bridgehead atoms. The van der Waals surface area contributed by atoms with Gasteiger partial charge in [0.1, 0.15) is 12.4 Å². The minimum atomic E-state index is -0.425. The van der Waals surface area contributed by atoms with E-state index in [0.717, 1.165) is 74.5 Å². The molecule has 1 amide bonds. The summed E-state index contributed by atoms with van der Waals surface area (Å²) in [7, 11) is 1.65. The van der Waals surface area contributed by atoms with Crippen molar-refractivity contribution in [3.8, 4) is 0 Å². The molecule has 1 saturated carbocycles. The average molecular weight is 480 g/mol. The number of aryl methyl sites for hydroxylation is 1. The Morgan fingerprint density at radius 2 is 1.74 bits per heavy atom. The molecular formula is C30H40FN2O2+. The Labute approximate surface area is 209 Å². The lowest BCUT2D eigenvalue weighted by Crippen LogP contribution is -2.65. The average Bonchev–Trinajstić information content (AvgIpc) is 2.90. The van der Waals surface area contributed by atoms with Gasteiger partial charge >= 0.3 is 6.09 Å². The summed E-state index contributed by atoms with van der Waals surface area (Å²) in [6.45, 7) is 4.38. The molecule has 2 aromatic carbocycles. The van der Waals surface area contributed by atoms with Crippen LogP contribution in [0.25, 0.3) is 0 Å². The third-order valence-electron chi connectivity index (χ3n) is 8.92. The van der Waals surface area contributed by atoms with Crippen LogP contribution in [0.3, 0.4) is 0 Å². The van der Waals surface area contributed by atoms with E-state index in [0.29, 0.717) is 11.6 Å². The molecule has 6 rings (SSSR count). The SMILES string of the molecule is CN(C(=O)O[C@H]1C[N+]2(CCCc3ccccc3)CCC1CC2)c1cccc(C2CCCCC2)c1F. The number of rotatable bonds is 7. The van der Waals surface area contributed by atoms with Crippen LogP contribution in [0.1, 0.15) is 68.4 Å². The summed E-state index contributed by atoms with van der Waals surface area (Å²) in [6, 6.07) is 16.2. The summed E-state index contributed by atoms with van der Waals surface area (Å²) >= 11 is 0. The second-order valence-corrected chi connectivity index (χ2v) is 11.1. The maximum atomic E-state index is 15.5. The summed E-state index contributed by atoms with van der Waals surface area (Å²) in [4.78, 5) is 14.5. The smallest absolute Gasteiger partial charge is 0.414 e. The molecule has 0 unspecified atom stereocenters. The van der Waals surface area contributed by atoms with Crippen molar-refractivity contribution in [2.24, 2.45) is 5.92 Å². The summed E-state index contributed by atoms with van der Waals surface area (Å²) < 4.78 is 22.6. The molecule has 1 atom stereocenters. The molecule has 1 aliphatic carbocycles. The minimum absolute atomic E-state index is 0.0752. The van der Waals surface area contributed by atoms with Crippen molar-refractivity contribution >= 4 is 11.8 Å². The third-order valence-corrected chi connectivity index (χ3v) is 8.92. The highest BCUT2D eigenvalue weighted by Gasteiger charge is 2.47. The quantitative estimate of drug-likeness (QED) is 0.414. The second-order valence-electron chi connectivity index (χ2n) is 11.1. The molecule has 188 valence electrons. The van der Waals surface area contributed by atoms with Crippen molar-refractivity contribution < 1.29 is 18.4 Å². The highest BCUT2D eigenvalue weighted by atomic mass is 19.1. The van der Waals surface area contributed by atoms with E-state index in [9.17, 15) is 4.79 Å². The number of benzene rings is 2. The molecule has 0 N–H and O–H groups in total. The van der Waals surface area contributed by atoms with Gasteiger partial charge in [-0.05, 0) is 42.4 Å². The first-order valence-electron chi connectivity index (χ1n) is 13.7. The molecule has 0 spiro atoms. The minimum Gasteiger partial charge on any atom is -0.440 e. The molecule has 2 aromatic rings. The molecule has 4 aliphatic rings. The van der Waals surface area contributed by atoms with E-state index in [1.54, 1.807) is 13.1 Å². The molecule has 3 aliphatic heterocycles. The van der Waals surface area contributed by atoms with Gasteiger partial charge in [0.15, 0.2) is 6.10 Å². The van der Waals surface area contributed by atoms with Gasteiger partial charge in [-0.15, -0.1) is 0 Å². The Bertz CT molecular complexity index is 997. The van der Waals surface area contributed by atoms with E-state index >= 15 is 4.39 Å². The van der Waals surface area contributed by atoms with Gasteiger partial charge in [-0.3, -0.25) is 4.90 Å². The van der Waals surface area contributed by atoms with Crippen molar-refractivity contribution in [3.05, 3.63) is 65.5 Å². The Morgan fingerprint density at radius 3 is 2.49 bits per heavy atom. The lowest BCUT2D eigenvalue weighted by Gasteiger charge is -2.52. The number of fused-ring (bicyclic) bond motifs is 3. The number of piperidine rings is 3. The van der Waals surface area contributed by atoms with Crippen LogP contribution in [0.2, 0.25) is 0 Å². The molecule has 0 radical (unpaired) electrons. The maximum absolute atomic E-state index is 15.5. The lowest BCUT2D eigenvalue weighted by atomic mass is 9.83. The number of ether oxygens (including phenoxy) is 1. The number of carbonyl (C=O) groups excluding carboxylic acids is 1. The van der Waals surface area contributed by atoms with Crippen LogP contribution in [0.4, 0.5) is 14.9 Å². The molecule has 3 saturated heterocycles. The molecular weight excluding hydrogens is 439 g/mol. The molecule has 0 aromatic heterocycles. The largest absolute Gasteiger partial charge is 0.440 e. The molecule has 4 nitrogen and oxygen atoms in total. The number of hydrogen-bond donors (Lipinski definition) is 0. The number of amides is 1. The van der Waals surface area contributed by atoms with Crippen molar-refractivity contribution in [2.75, 3.05) is 38.1 Å². The van der Waals surface area contributed by atoms with Gasteiger partial charge in [0.25, 0.3) is 0 Å². The number of hydrogen-bond acceptors (Lipinski definition) is 2. The molecule has 3 heterocycles. The zero-order valence-electron chi connectivity index (χ0n) is 21.1. The lowest BCUT2D eigenvalue weighted by molar-refractivity contribution is -0.946. The van der Waals surface area contributed by atoms with E-state index in [4.69, 9.17) is 4.74 Å². The highest BCUT2D eigenvalue weighted by Crippen LogP contribution is 2.38. The predicted octanol–water partition coefficient (Wildman–Crippen LogP) is 6.69. The fraction of sp³-hybridized carbons (Fsp3) is 0.567. The Hall–Kier alpha value is -2.40. The van der Waals surface area contributed by atoms with Crippen LogP contribution < -0.4 is 4.90 Å². The normalized spacial score (nSPS) is 26.5. The second kappa shape index (κ2) is 10.7. The van der Waals surface area contributed by atoms with Gasteiger partial charge in [0.2, 0.25) is 0 Å². The van der Waals surface area contributed by atoms with Gasteiger partial charge in [0, 0.05) is 32.2 Å². The van der Waals surface area contributed by atoms with Crippen LogP contribution in [0.5, 0.6) is 0 Å². The summed E-state index contributed by atoms with van der Waals surface area (Å²) in [6.07, 6.45) is 9.56. The Morgan fingerprint density at radius 1 is 1.00 bits per heavy atom. The zero-order chi connectivity index (χ0) is 24.3. The zero-order valence-corrected chi connectivity index (χ0v) is 21.1. The van der Waals surface area contributed by atoms with Crippen LogP contribution in [0.15, 0.2) is 48.5 Å². The predicted molar refractivity (Wildman–Crippen MR) is 138 cm³/mol. The summed E-state index contributed by atoms with van der Waals surface area (Å²) in [5.41, 5.74) is 2.48. The van der Waals surface area contributed by atoms with Crippen LogP contribution in [0, 0.1) is 11.7 Å². The van der Waals surface area contributed by atoms with Crippen LogP contribution in [-0.2, 0) is 11.2 Å². The van der Waals surface area contributed by atoms with E-state index in [2.05, 4.69) is 30.3 Å². The molecule has 35 heavy (non-hydrogen) atoms. The molecule has 4 fully saturated rings. The van der Waals surface area contributed by atoms with Crippen LogP contribution in [-0.4, -0.2) is 49.9 Å². The van der Waals surface area contributed by atoms with Crippen molar-refractivity contribution in [1.82, 2.24) is 0 Å². The Balaban J connectivity index is 1.21. The third kappa shape index (κ3) is 5.40. The van der Waals surface area contributed by atoms with Crippen LogP contribution >= 0.6 is 0 Å². The van der Waals surface area contributed by atoms with E-state index in [1.165, 1.54) is 30.0 Å². The number of quaternary nitrogens is 1. The van der Waals surface area contributed by atoms with E-state index < -0.39 is 6.09 Å². The van der Waals surface area contributed by atoms with Gasteiger partial charge < -0.3 is 9.22 Å². The fourth-order valence-electron chi connectivity index (χ4n) is 6.76. The first-order valence-corrected chi connectivity index (χ1v) is 13.7. The van der Waals surface area contributed by atoms with E-state index in [1.807, 2.05) is 12.1 Å². The molecule has 5 heteroatoms. The van der Waals surface area contributed by atoms with Gasteiger partial charge in [-0.2, -0.15) is 0 Å². The van der Waals surface area contributed by atoms with E-state index in [-0.39, 0.29) is 17.8 Å². The maximum Gasteiger partial charge on any atom is 0.414 e. The number of anilines is 1. The monoisotopic (exact) mass is 479 g/mol. The topological polar surface area (TPSA) is 29.5 Å². The van der Waals surface area contributed by atoms with Gasteiger partial charge in [-0.1, -0.05) is 61.7 Å². The van der Waals surface area contributed by atoms with Crippen molar-refractivity contribution in [1.29, 1.82) is 0 Å². The highest BCUT2D eigenvalue weighted by molar-refractivity contribution is 5.87. The number of carbonyl (C=O) groups is 1. The van der Waals surface area contributed by atoms with Crippen molar-refractivity contribution in [3.63, 3.8) is 0 Å². The number of halogens is 1. The summed E-state index contributed by atoms with van der Waals surface area (Å²) in [5.74, 6) is 0.437. The first-order chi connectivity index (χ1) is 17.0. The van der Waals surface area contributed by atoms with Crippen molar-refractivity contribution in [2.45, 2.75) is 69.8 Å². The Kier molecular flexibility index (Phi) is 7.43. The standard InChI is InChI=1S/C30H40FN2O2/c1-32(27-16-8-15-26(29(27)31)24-13-6-3-7-14-24)30(34)35-28-22-33(20-17-25(28)18-21-33)19-9-12-23-10-4-2-5-11-23/h2,4-5,8,10-11,15-16,24-25,28H,3,6-7,9,12-14,17-22H2,1H3/q+1/t25?,28-,33?/m0/s1. The van der Waals surface area contributed by atoms with Gasteiger partial charge in [0.05, 0.1) is 25.3 Å². The first kappa shape index (κ1) is 24.3. The van der Waals surface area contributed by atoms with Gasteiger partial charge in [-0.25, -0.2) is 9.18 Å². The fourth-order valence-corrected chi connectivity index (χ4v) is 6.76. The summed E-state index contributed by atoms with van der Waals surface area (Å²) in [5, 5.41) is 0.